The molecule has 0 radical (unpaired) electrons. The zero-order valence-electron chi connectivity index (χ0n) is 8.62. The Morgan fingerprint density at radius 3 is 3.13 bits per heavy atom. The van der Waals surface area contributed by atoms with Crippen molar-refractivity contribution in [1.29, 1.82) is 0 Å². The second-order valence-electron chi connectivity index (χ2n) is 4.37. The van der Waals surface area contributed by atoms with Crippen molar-refractivity contribution in [2.75, 3.05) is 0 Å². The molecule has 0 unspecified atom stereocenters. The third kappa shape index (κ3) is 1.08. The average Bonchev–Trinajstić information content (AvgIpc) is 2.68. The summed E-state index contributed by atoms with van der Waals surface area (Å²) in [6.07, 6.45) is 9.00. The fourth-order valence-electron chi connectivity index (χ4n) is 2.57. The number of ketones is 1. The lowest BCUT2D eigenvalue weighted by Gasteiger charge is -2.35. The van der Waals surface area contributed by atoms with Crippen LogP contribution in [0, 0.1) is 0 Å². The summed E-state index contributed by atoms with van der Waals surface area (Å²) in [6, 6.07) is 2.02. The SMILES string of the molecule is C[C@@]12C=CC(=O)C=C1CCc1occc12. The van der Waals surface area contributed by atoms with Crippen molar-refractivity contribution in [3.05, 3.63) is 47.5 Å². The third-order valence-electron chi connectivity index (χ3n) is 3.49. The van der Waals surface area contributed by atoms with E-state index in [9.17, 15) is 4.79 Å². The summed E-state index contributed by atoms with van der Waals surface area (Å²) < 4.78 is 5.45. The molecule has 0 aromatic carbocycles. The zero-order chi connectivity index (χ0) is 10.5. The molecule has 2 aliphatic carbocycles. The fraction of sp³-hybridized carbons (Fsp3) is 0.308. The first-order valence-corrected chi connectivity index (χ1v) is 5.21. The van der Waals surface area contributed by atoms with E-state index in [1.807, 2.05) is 12.1 Å². The first-order chi connectivity index (χ1) is 7.20. The fourth-order valence-corrected chi connectivity index (χ4v) is 2.57. The average molecular weight is 200 g/mol. The van der Waals surface area contributed by atoms with Crippen LogP contribution in [0.2, 0.25) is 0 Å². The quantitative estimate of drug-likeness (QED) is 0.644. The molecule has 0 saturated carbocycles. The van der Waals surface area contributed by atoms with Crippen molar-refractivity contribution in [2.45, 2.75) is 25.2 Å². The Morgan fingerprint density at radius 1 is 1.40 bits per heavy atom. The minimum absolute atomic E-state index is 0.106. The number of hydrogen-bond donors (Lipinski definition) is 0. The number of rotatable bonds is 0. The number of allylic oxidation sites excluding steroid dienone is 4. The molecule has 3 rings (SSSR count). The molecule has 0 aliphatic heterocycles. The number of furan rings is 1. The molecule has 0 amide bonds. The van der Waals surface area contributed by atoms with Crippen LogP contribution in [0.25, 0.3) is 0 Å². The normalized spacial score (nSPS) is 28.3. The molecule has 0 bridgehead atoms. The maximum absolute atomic E-state index is 11.3. The highest BCUT2D eigenvalue weighted by Gasteiger charge is 2.37. The molecule has 1 atom stereocenters. The van der Waals surface area contributed by atoms with Gasteiger partial charge < -0.3 is 4.42 Å². The molecular weight excluding hydrogens is 188 g/mol. The van der Waals surface area contributed by atoms with Crippen molar-refractivity contribution in [3.63, 3.8) is 0 Å². The van der Waals surface area contributed by atoms with Crippen LogP contribution in [0.15, 0.2) is 40.5 Å². The molecule has 1 aromatic rings. The van der Waals surface area contributed by atoms with E-state index in [0.29, 0.717) is 0 Å². The van der Waals surface area contributed by atoms with Crippen molar-refractivity contribution in [3.8, 4) is 0 Å². The van der Waals surface area contributed by atoms with Gasteiger partial charge in [0.05, 0.1) is 6.26 Å². The smallest absolute Gasteiger partial charge is 0.178 e. The van der Waals surface area contributed by atoms with E-state index in [1.54, 1.807) is 18.4 Å². The van der Waals surface area contributed by atoms with Gasteiger partial charge in [-0.2, -0.15) is 0 Å². The van der Waals surface area contributed by atoms with E-state index in [4.69, 9.17) is 4.42 Å². The van der Waals surface area contributed by atoms with E-state index in [0.717, 1.165) is 18.6 Å². The third-order valence-corrected chi connectivity index (χ3v) is 3.49. The lowest BCUT2D eigenvalue weighted by atomic mass is 9.68. The van der Waals surface area contributed by atoms with Crippen LogP contribution in [0.4, 0.5) is 0 Å². The van der Waals surface area contributed by atoms with Crippen molar-refractivity contribution >= 4 is 5.78 Å². The van der Waals surface area contributed by atoms with Gasteiger partial charge in [-0.3, -0.25) is 4.79 Å². The van der Waals surface area contributed by atoms with Crippen LogP contribution in [0.3, 0.4) is 0 Å². The summed E-state index contributed by atoms with van der Waals surface area (Å²) in [4.78, 5) is 11.3. The highest BCUT2D eigenvalue weighted by Crippen LogP contribution is 2.44. The Hall–Kier alpha value is -1.57. The molecule has 0 spiro atoms. The molecule has 2 aliphatic rings. The Bertz CT molecular complexity index is 490. The van der Waals surface area contributed by atoms with Crippen LogP contribution < -0.4 is 0 Å². The highest BCUT2D eigenvalue weighted by atomic mass is 16.3. The molecule has 15 heavy (non-hydrogen) atoms. The van der Waals surface area contributed by atoms with E-state index < -0.39 is 0 Å². The second-order valence-corrected chi connectivity index (χ2v) is 4.37. The van der Waals surface area contributed by atoms with Crippen LogP contribution in [-0.2, 0) is 16.6 Å². The molecule has 2 heteroatoms. The number of fused-ring (bicyclic) bond motifs is 3. The molecule has 1 heterocycles. The summed E-state index contributed by atoms with van der Waals surface area (Å²) in [5.74, 6) is 1.17. The number of hydrogen-bond acceptors (Lipinski definition) is 2. The van der Waals surface area contributed by atoms with Crippen LogP contribution in [0.1, 0.15) is 24.7 Å². The van der Waals surface area contributed by atoms with Gasteiger partial charge in [-0.25, -0.2) is 0 Å². The van der Waals surface area contributed by atoms with E-state index in [2.05, 4.69) is 6.92 Å². The second kappa shape index (κ2) is 2.72. The Balaban J connectivity index is 2.21. The van der Waals surface area contributed by atoms with Gasteiger partial charge in [0, 0.05) is 17.4 Å². The largest absolute Gasteiger partial charge is 0.469 e. The van der Waals surface area contributed by atoms with Gasteiger partial charge in [0.1, 0.15) is 5.76 Å². The van der Waals surface area contributed by atoms with Gasteiger partial charge in [-0.15, -0.1) is 0 Å². The summed E-state index contributed by atoms with van der Waals surface area (Å²) in [7, 11) is 0. The van der Waals surface area contributed by atoms with Gasteiger partial charge in [-0.05, 0) is 31.6 Å². The van der Waals surface area contributed by atoms with Crippen LogP contribution in [0.5, 0.6) is 0 Å². The Labute approximate surface area is 88.3 Å². The van der Waals surface area contributed by atoms with Crippen LogP contribution in [-0.4, -0.2) is 5.78 Å². The van der Waals surface area contributed by atoms with Gasteiger partial charge >= 0.3 is 0 Å². The number of carbonyl (C=O) groups is 1. The molecule has 1 aromatic heterocycles. The first kappa shape index (κ1) is 8.72. The van der Waals surface area contributed by atoms with Gasteiger partial charge in [0.25, 0.3) is 0 Å². The van der Waals surface area contributed by atoms with Gasteiger partial charge in [-0.1, -0.05) is 11.6 Å². The topological polar surface area (TPSA) is 30.2 Å². The minimum atomic E-state index is -0.117. The molecule has 76 valence electrons. The summed E-state index contributed by atoms with van der Waals surface area (Å²) in [5, 5.41) is 0. The summed E-state index contributed by atoms with van der Waals surface area (Å²) in [5.41, 5.74) is 2.31. The molecule has 2 nitrogen and oxygen atoms in total. The molecule has 0 saturated heterocycles. The van der Waals surface area contributed by atoms with E-state index >= 15 is 0 Å². The van der Waals surface area contributed by atoms with Crippen molar-refractivity contribution < 1.29 is 9.21 Å². The highest BCUT2D eigenvalue weighted by molar-refractivity contribution is 6.01. The molecular formula is C13H12O2. The summed E-state index contributed by atoms with van der Waals surface area (Å²) >= 11 is 0. The lowest BCUT2D eigenvalue weighted by molar-refractivity contribution is -0.110. The maximum Gasteiger partial charge on any atom is 0.178 e. The van der Waals surface area contributed by atoms with Crippen molar-refractivity contribution in [1.82, 2.24) is 0 Å². The predicted octanol–water partition coefficient (Wildman–Crippen LogP) is 2.55. The van der Waals surface area contributed by atoms with E-state index in [-0.39, 0.29) is 11.2 Å². The predicted molar refractivity (Wildman–Crippen MR) is 56.6 cm³/mol. The van der Waals surface area contributed by atoms with Gasteiger partial charge in [0.2, 0.25) is 0 Å². The van der Waals surface area contributed by atoms with Crippen molar-refractivity contribution in [2.24, 2.45) is 0 Å². The van der Waals surface area contributed by atoms with E-state index in [1.165, 1.54) is 11.1 Å². The molecule has 0 N–H and O–H groups in total. The Morgan fingerprint density at radius 2 is 2.27 bits per heavy atom. The standard InChI is InChI=1S/C13H12O2/c1-13-6-4-10(14)8-9(13)2-3-12-11(13)5-7-15-12/h4-8H,2-3H2,1H3/t13-/m1/s1. The van der Waals surface area contributed by atoms with Crippen LogP contribution >= 0.6 is 0 Å². The monoisotopic (exact) mass is 200 g/mol. The maximum atomic E-state index is 11.3. The minimum Gasteiger partial charge on any atom is -0.469 e. The first-order valence-electron chi connectivity index (χ1n) is 5.21. The Kier molecular flexibility index (Phi) is 1.58. The zero-order valence-corrected chi connectivity index (χ0v) is 8.62. The van der Waals surface area contributed by atoms with Gasteiger partial charge in [0.15, 0.2) is 5.78 Å². The number of carbonyl (C=O) groups excluding carboxylic acids is 1. The molecule has 0 fully saturated rings. The summed E-state index contributed by atoms with van der Waals surface area (Å²) in [6.45, 7) is 2.15. The number of aryl methyl sites for hydroxylation is 1. The lowest BCUT2D eigenvalue weighted by Crippen LogP contribution is -2.29.